The number of aliphatic hydroxyl groups excluding tert-OH is 1. The maximum absolute atomic E-state index is 13.2. The van der Waals surface area contributed by atoms with Gasteiger partial charge in [0.25, 0.3) is 0 Å². The van der Waals surface area contributed by atoms with Crippen molar-refractivity contribution in [1.29, 1.82) is 0 Å². The molecule has 2 N–H and O–H groups in total. The zero-order chi connectivity index (χ0) is 25.7. The van der Waals surface area contributed by atoms with Crippen LogP contribution in [0.25, 0.3) is 0 Å². The summed E-state index contributed by atoms with van der Waals surface area (Å²) in [6.45, 7) is 11.4. The summed E-state index contributed by atoms with van der Waals surface area (Å²) >= 11 is 5.88. The van der Waals surface area contributed by atoms with E-state index in [1.165, 1.54) is 12.5 Å². The van der Waals surface area contributed by atoms with Gasteiger partial charge in [0.1, 0.15) is 5.76 Å². The molecule has 0 aromatic heterocycles. The third kappa shape index (κ3) is 10.3. The quantitative estimate of drug-likeness (QED) is 0.317. The molecule has 34 heavy (non-hydrogen) atoms. The van der Waals surface area contributed by atoms with Crippen LogP contribution >= 0.6 is 11.6 Å². The van der Waals surface area contributed by atoms with Crippen LogP contribution in [-0.4, -0.2) is 29.1 Å². The lowest BCUT2D eigenvalue weighted by atomic mass is 9.90. The molecule has 1 saturated heterocycles. The standard InChI is InChI=1S/C17H24F2N2O.C10H15ClO/c1-3-13-5-4-12(2)8-9-21(11-13)17(22)20-14-6-7-15(18)16(19)10-14;1-4-6-7-9(11)8(3)10(12)5-2/h6-7,10,12-13H,3-5,8-9,11H2,1-2H3,(H,20,22);5-7,12H,4H2,1-3H3/b;7-6+,9-8+,10-5+. The van der Waals surface area contributed by atoms with E-state index < -0.39 is 11.6 Å². The summed E-state index contributed by atoms with van der Waals surface area (Å²) in [5.41, 5.74) is 0.996. The average molecular weight is 497 g/mol. The van der Waals surface area contributed by atoms with Crippen LogP contribution in [-0.2, 0) is 0 Å². The van der Waals surface area contributed by atoms with Crippen molar-refractivity contribution in [1.82, 2.24) is 4.90 Å². The molecule has 2 amide bonds. The zero-order valence-corrected chi connectivity index (χ0v) is 21.8. The molecule has 2 rings (SSSR count). The Labute approximate surface area is 208 Å². The summed E-state index contributed by atoms with van der Waals surface area (Å²) in [5.74, 6) is -0.526. The van der Waals surface area contributed by atoms with Gasteiger partial charge in [-0.1, -0.05) is 51.3 Å². The summed E-state index contributed by atoms with van der Waals surface area (Å²) in [6.07, 6.45) is 10.7. The Hall–Kier alpha value is -2.34. The first-order valence-electron chi connectivity index (χ1n) is 12.0. The van der Waals surface area contributed by atoms with Crippen molar-refractivity contribution in [2.45, 2.75) is 66.7 Å². The minimum atomic E-state index is -0.953. The van der Waals surface area contributed by atoms with Crippen LogP contribution in [0.5, 0.6) is 0 Å². The van der Waals surface area contributed by atoms with E-state index in [1.807, 2.05) is 13.0 Å². The highest BCUT2D eigenvalue weighted by molar-refractivity contribution is 6.31. The molecule has 0 radical (unpaired) electrons. The lowest BCUT2D eigenvalue weighted by Crippen LogP contribution is -2.40. The number of halogens is 3. The van der Waals surface area contributed by atoms with Gasteiger partial charge in [-0.05, 0) is 69.2 Å². The lowest BCUT2D eigenvalue weighted by molar-refractivity contribution is 0.179. The number of carbonyl (C=O) groups excluding carboxylic acids is 1. The maximum atomic E-state index is 13.2. The van der Waals surface area contributed by atoms with Gasteiger partial charge in [0, 0.05) is 35.4 Å². The number of aliphatic hydroxyl groups is 1. The molecular weight excluding hydrogens is 458 g/mol. The first kappa shape index (κ1) is 29.7. The van der Waals surface area contributed by atoms with Crippen molar-refractivity contribution in [3.63, 3.8) is 0 Å². The van der Waals surface area contributed by atoms with Crippen molar-refractivity contribution >= 4 is 23.3 Å². The largest absolute Gasteiger partial charge is 0.508 e. The first-order chi connectivity index (χ1) is 16.1. The molecule has 2 atom stereocenters. The molecule has 1 aliphatic heterocycles. The number of hydrogen-bond donors (Lipinski definition) is 2. The predicted molar refractivity (Wildman–Crippen MR) is 138 cm³/mol. The number of urea groups is 1. The molecule has 4 nitrogen and oxygen atoms in total. The van der Waals surface area contributed by atoms with E-state index in [0.29, 0.717) is 29.0 Å². The van der Waals surface area contributed by atoms with E-state index in [4.69, 9.17) is 11.6 Å². The van der Waals surface area contributed by atoms with E-state index in [-0.39, 0.29) is 17.5 Å². The molecule has 2 unspecified atom stereocenters. The highest BCUT2D eigenvalue weighted by Gasteiger charge is 2.22. The van der Waals surface area contributed by atoms with E-state index >= 15 is 0 Å². The van der Waals surface area contributed by atoms with Gasteiger partial charge in [-0.3, -0.25) is 0 Å². The van der Waals surface area contributed by atoms with Crippen LogP contribution in [0.4, 0.5) is 19.3 Å². The Morgan fingerprint density at radius 3 is 2.53 bits per heavy atom. The number of nitrogens with zero attached hydrogens (tertiary/aromatic N) is 1. The molecule has 1 aliphatic rings. The van der Waals surface area contributed by atoms with E-state index in [9.17, 15) is 18.7 Å². The van der Waals surface area contributed by atoms with Gasteiger partial charge in [0.05, 0.1) is 0 Å². The minimum Gasteiger partial charge on any atom is -0.508 e. The number of likely N-dealkylation sites (tertiary alicyclic amines) is 1. The maximum Gasteiger partial charge on any atom is 0.321 e. The Bertz CT molecular complexity index is 883. The third-order valence-corrected chi connectivity index (χ3v) is 6.40. The third-order valence-electron chi connectivity index (χ3n) is 5.99. The summed E-state index contributed by atoms with van der Waals surface area (Å²) in [6, 6.07) is 3.17. The molecule has 1 aromatic rings. The SMILES string of the molecule is CCC1CCC(C)CCN(C(=O)Nc2ccc(F)c(F)c2)C1.C\C=C(O)/C(C)=C(Cl)\C=C\CC. The van der Waals surface area contributed by atoms with Gasteiger partial charge in [-0.2, -0.15) is 0 Å². The number of benzene rings is 1. The Balaban J connectivity index is 0.000000411. The molecule has 0 saturated carbocycles. The molecule has 0 aliphatic carbocycles. The van der Waals surface area contributed by atoms with Crippen molar-refractivity contribution in [3.8, 4) is 0 Å². The van der Waals surface area contributed by atoms with Crippen molar-refractivity contribution in [3.05, 3.63) is 64.4 Å². The smallest absolute Gasteiger partial charge is 0.321 e. The number of allylic oxidation sites excluding steroid dienone is 5. The Morgan fingerprint density at radius 1 is 1.24 bits per heavy atom. The second kappa shape index (κ2) is 15.5. The number of amides is 2. The van der Waals surface area contributed by atoms with Crippen LogP contribution in [0.2, 0.25) is 0 Å². The van der Waals surface area contributed by atoms with Gasteiger partial charge in [-0.15, -0.1) is 0 Å². The van der Waals surface area contributed by atoms with Crippen LogP contribution in [0.3, 0.4) is 0 Å². The normalized spacial score (nSPS) is 20.1. The van der Waals surface area contributed by atoms with Crippen LogP contribution < -0.4 is 5.32 Å². The number of carbonyl (C=O) groups is 1. The lowest BCUT2D eigenvalue weighted by Gasteiger charge is -2.31. The van der Waals surface area contributed by atoms with Gasteiger partial charge < -0.3 is 15.3 Å². The van der Waals surface area contributed by atoms with E-state index in [0.717, 1.165) is 44.4 Å². The van der Waals surface area contributed by atoms with Crippen LogP contribution in [0.1, 0.15) is 66.7 Å². The van der Waals surface area contributed by atoms with Gasteiger partial charge in [-0.25, -0.2) is 13.6 Å². The van der Waals surface area contributed by atoms with Crippen molar-refractivity contribution < 1.29 is 18.7 Å². The van der Waals surface area contributed by atoms with Crippen LogP contribution in [0.15, 0.2) is 52.8 Å². The average Bonchev–Trinajstić information content (AvgIpc) is 2.82. The second-order valence-corrected chi connectivity index (χ2v) is 9.12. The summed E-state index contributed by atoms with van der Waals surface area (Å²) in [7, 11) is 0. The molecule has 1 heterocycles. The summed E-state index contributed by atoms with van der Waals surface area (Å²) in [4.78, 5) is 14.2. The van der Waals surface area contributed by atoms with Gasteiger partial charge in [0.2, 0.25) is 0 Å². The van der Waals surface area contributed by atoms with E-state index in [1.54, 1.807) is 30.9 Å². The molecule has 0 bridgehead atoms. The molecule has 1 fully saturated rings. The fourth-order valence-corrected chi connectivity index (χ4v) is 3.70. The highest BCUT2D eigenvalue weighted by atomic mass is 35.5. The Kier molecular flexibility index (Phi) is 13.6. The van der Waals surface area contributed by atoms with Crippen molar-refractivity contribution in [2.24, 2.45) is 11.8 Å². The molecule has 0 spiro atoms. The molecular formula is C27H39ClF2N2O2. The summed E-state index contributed by atoms with van der Waals surface area (Å²) in [5, 5.41) is 12.5. The minimum absolute atomic E-state index is 0.237. The number of rotatable bonds is 5. The van der Waals surface area contributed by atoms with Crippen LogP contribution in [0, 0.1) is 23.5 Å². The highest BCUT2D eigenvalue weighted by Crippen LogP contribution is 2.23. The van der Waals surface area contributed by atoms with Crippen molar-refractivity contribution in [2.75, 3.05) is 18.4 Å². The number of nitrogens with one attached hydrogen (secondary N) is 1. The monoisotopic (exact) mass is 496 g/mol. The van der Waals surface area contributed by atoms with Gasteiger partial charge in [0.15, 0.2) is 11.6 Å². The predicted octanol–water partition coefficient (Wildman–Crippen LogP) is 8.57. The molecule has 1 aromatic carbocycles. The second-order valence-electron chi connectivity index (χ2n) is 8.71. The Morgan fingerprint density at radius 2 is 1.94 bits per heavy atom. The molecule has 190 valence electrons. The number of anilines is 1. The van der Waals surface area contributed by atoms with E-state index in [2.05, 4.69) is 19.2 Å². The molecule has 7 heteroatoms. The summed E-state index contributed by atoms with van der Waals surface area (Å²) < 4.78 is 26.2. The topological polar surface area (TPSA) is 52.6 Å². The number of hydrogen-bond acceptors (Lipinski definition) is 2. The fourth-order valence-electron chi connectivity index (χ4n) is 3.51. The van der Waals surface area contributed by atoms with Gasteiger partial charge >= 0.3 is 6.03 Å². The zero-order valence-electron chi connectivity index (χ0n) is 21.0. The first-order valence-corrected chi connectivity index (χ1v) is 12.4. The fraction of sp³-hybridized carbons (Fsp3) is 0.519.